The van der Waals surface area contributed by atoms with Crippen LogP contribution >= 0.6 is 0 Å². The summed E-state index contributed by atoms with van der Waals surface area (Å²) in [5, 5.41) is 6.88. The number of methoxy groups -OCH3 is 1. The minimum atomic E-state index is -0.0473. The van der Waals surface area contributed by atoms with E-state index in [-0.39, 0.29) is 5.91 Å². The minimum absolute atomic E-state index is 0.0473. The molecule has 1 aliphatic rings. The molecule has 1 N–H and O–H groups in total. The molecule has 0 saturated carbocycles. The quantitative estimate of drug-likeness (QED) is 0.628. The zero-order valence-electron chi connectivity index (χ0n) is 18.0. The van der Waals surface area contributed by atoms with Gasteiger partial charge in [-0.1, -0.05) is 17.3 Å². The number of ether oxygens (including phenoxy) is 1. The van der Waals surface area contributed by atoms with Crippen LogP contribution in [0.1, 0.15) is 34.6 Å². The van der Waals surface area contributed by atoms with E-state index in [4.69, 9.17) is 9.26 Å². The molecule has 3 aromatic rings. The molecule has 0 atom stereocenters. The van der Waals surface area contributed by atoms with Crippen LogP contribution in [0.3, 0.4) is 0 Å². The van der Waals surface area contributed by atoms with Crippen LogP contribution < -0.4 is 10.1 Å². The van der Waals surface area contributed by atoms with Crippen LogP contribution in [0.25, 0.3) is 11.5 Å². The number of nitrogens with one attached hydrogen (secondary N) is 1. The molecule has 1 aromatic heterocycles. The van der Waals surface area contributed by atoms with Gasteiger partial charge in [0.2, 0.25) is 0 Å². The van der Waals surface area contributed by atoms with Crippen molar-refractivity contribution in [2.75, 3.05) is 26.7 Å². The van der Waals surface area contributed by atoms with Gasteiger partial charge in [-0.25, -0.2) is 0 Å². The van der Waals surface area contributed by atoms with Crippen LogP contribution in [0.5, 0.6) is 5.75 Å². The van der Waals surface area contributed by atoms with Crippen molar-refractivity contribution in [2.45, 2.75) is 26.3 Å². The van der Waals surface area contributed by atoms with E-state index in [9.17, 15) is 4.79 Å². The van der Waals surface area contributed by atoms with Crippen molar-refractivity contribution in [1.29, 1.82) is 0 Å². The molecule has 1 saturated heterocycles. The summed E-state index contributed by atoms with van der Waals surface area (Å²) in [5.41, 5.74) is 2.74. The van der Waals surface area contributed by atoms with E-state index in [0.29, 0.717) is 29.7 Å². The lowest BCUT2D eigenvalue weighted by atomic mass is 9.96. The Bertz CT molecular complexity index is 990. The molecule has 2 aromatic carbocycles. The maximum absolute atomic E-state index is 12.5. The van der Waals surface area contributed by atoms with Crippen molar-refractivity contribution in [3.63, 3.8) is 0 Å². The third kappa shape index (κ3) is 5.49. The van der Waals surface area contributed by atoms with Gasteiger partial charge in [-0.2, -0.15) is 4.98 Å². The molecule has 0 aliphatic carbocycles. The number of carbonyl (C=O) groups excluding carboxylic acids is 1. The second-order valence-electron chi connectivity index (χ2n) is 8.00. The second kappa shape index (κ2) is 9.75. The molecule has 0 unspecified atom stereocenters. The summed E-state index contributed by atoms with van der Waals surface area (Å²) >= 11 is 0. The highest BCUT2D eigenvalue weighted by atomic mass is 16.5. The Hall–Kier alpha value is -3.19. The topological polar surface area (TPSA) is 80.5 Å². The van der Waals surface area contributed by atoms with E-state index < -0.39 is 0 Å². The van der Waals surface area contributed by atoms with Crippen molar-refractivity contribution in [1.82, 2.24) is 20.4 Å². The number of rotatable bonds is 7. The first-order chi connectivity index (χ1) is 15.1. The van der Waals surface area contributed by atoms with Gasteiger partial charge in [0, 0.05) is 24.2 Å². The number of likely N-dealkylation sites (tertiary alicyclic amines) is 1. The maximum Gasteiger partial charge on any atom is 0.257 e. The molecule has 2 heterocycles. The first kappa shape index (κ1) is 21.1. The van der Waals surface area contributed by atoms with Crippen molar-refractivity contribution < 1.29 is 14.1 Å². The third-order valence-electron chi connectivity index (χ3n) is 5.75. The van der Waals surface area contributed by atoms with Crippen molar-refractivity contribution in [3.05, 3.63) is 65.5 Å². The number of carbonyl (C=O) groups is 1. The van der Waals surface area contributed by atoms with E-state index >= 15 is 0 Å². The summed E-state index contributed by atoms with van der Waals surface area (Å²) in [6, 6.07) is 15.5. The van der Waals surface area contributed by atoms with E-state index in [1.165, 1.54) is 5.56 Å². The third-order valence-corrected chi connectivity index (χ3v) is 5.75. The van der Waals surface area contributed by atoms with E-state index in [1.807, 2.05) is 24.3 Å². The molecule has 0 bridgehead atoms. The molecule has 31 heavy (non-hydrogen) atoms. The number of aryl methyl sites for hydroxylation is 1. The molecular formula is C24H28N4O3. The number of hydrogen-bond donors (Lipinski definition) is 1. The molecular weight excluding hydrogens is 392 g/mol. The van der Waals surface area contributed by atoms with Gasteiger partial charge in [-0.15, -0.1) is 0 Å². The average Bonchev–Trinajstić information content (AvgIpc) is 3.25. The lowest BCUT2D eigenvalue weighted by Crippen LogP contribution is -2.38. The number of piperidine rings is 1. The largest absolute Gasteiger partial charge is 0.497 e. The Morgan fingerprint density at radius 3 is 2.45 bits per heavy atom. The lowest BCUT2D eigenvalue weighted by Gasteiger charge is -2.32. The summed E-state index contributed by atoms with van der Waals surface area (Å²) in [6.45, 7) is 5.53. The number of benzene rings is 2. The molecule has 0 radical (unpaired) electrons. The second-order valence-corrected chi connectivity index (χ2v) is 8.00. The Kier molecular flexibility index (Phi) is 6.62. The predicted octanol–water partition coefficient (Wildman–Crippen LogP) is 3.70. The van der Waals surface area contributed by atoms with Crippen molar-refractivity contribution in [2.24, 2.45) is 5.92 Å². The van der Waals surface area contributed by atoms with Crippen LogP contribution in [0.4, 0.5) is 0 Å². The predicted molar refractivity (Wildman–Crippen MR) is 118 cm³/mol. The highest BCUT2D eigenvalue weighted by Gasteiger charge is 2.20. The monoisotopic (exact) mass is 420 g/mol. The first-order valence-corrected chi connectivity index (χ1v) is 10.6. The molecule has 1 amide bonds. The van der Waals surface area contributed by atoms with Gasteiger partial charge in [-0.05, 0) is 80.7 Å². The number of nitrogens with zero attached hydrogens (tertiary/aromatic N) is 3. The Labute approximate surface area is 182 Å². The van der Waals surface area contributed by atoms with E-state index in [0.717, 1.165) is 43.8 Å². The number of aromatic nitrogens is 2. The molecule has 1 fully saturated rings. The van der Waals surface area contributed by atoms with Gasteiger partial charge >= 0.3 is 0 Å². The number of amides is 1. The zero-order chi connectivity index (χ0) is 21.6. The smallest absolute Gasteiger partial charge is 0.257 e. The summed E-state index contributed by atoms with van der Waals surface area (Å²) in [7, 11) is 1.69. The summed E-state index contributed by atoms with van der Waals surface area (Å²) in [6.07, 6.45) is 2.18. The fourth-order valence-electron chi connectivity index (χ4n) is 3.86. The summed E-state index contributed by atoms with van der Waals surface area (Å²) in [5.74, 6) is 2.40. The van der Waals surface area contributed by atoms with Gasteiger partial charge in [0.25, 0.3) is 11.8 Å². The van der Waals surface area contributed by atoms with Gasteiger partial charge in [0.05, 0.1) is 7.11 Å². The normalized spacial score (nSPS) is 15.0. The first-order valence-electron chi connectivity index (χ1n) is 10.6. The van der Waals surface area contributed by atoms with Gasteiger partial charge in [-0.3, -0.25) is 9.69 Å². The summed E-state index contributed by atoms with van der Waals surface area (Å²) < 4.78 is 10.4. The standard InChI is InChI=1S/C24H28N4O3/c1-17-26-24(31-27-17)21-7-5-20(6-8-21)23(29)25-15-18-11-13-28(14-12-18)16-19-3-9-22(30-2)10-4-19/h3-10,18H,11-16H2,1-2H3,(H,25,29). The highest BCUT2D eigenvalue weighted by Crippen LogP contribution is 2.21. The number of hydrogen-bond acceptors (Lipinski definition) is 6. The maximum atomic E-state index is 12.5. The molecule has 4 rings (SSSR count). The zero-order valence-corrected chi connectivity index (χ0v) is 18.0. The Morgan fingerprint density at radius 2 is 1.84 bits per heavy atom. The minimum Gasteiger partial charge on any atom is -0.497 e. The van der Waals surface area contributed by atoms with Gasteiger partial charge < -0.3 is 14.6 Å². The van der Waals surface area contributed by atoms with Crippen molar-refractivity contribution in [3.8, 4) is 17.2 Å². The van der Waals surface area contributed by atoms with Crippen LogP contribution in [-0.4, -0.2) is 47.7 Å². The van der Waals surface area contributed by atoms with Gasteiger partial charge in [0.1, 0.15) is 5.75 Å². The fraction of sp³-hybridized carbons (Fsp3) is 0.375. The van der Waals surface area contributed by atoms with Crippen LogP contribution in [0.15, 0.2) is 53.1 Å². The molecule has 1 aliphatic heterocycles. The van der Waals surface area contributed by atoms with Gasteiger partial charge in [0.15, 0.2) is 5.82 Å². The average molecular weight is 421 g/mol. The van der Waals surface area contributed by atoms with E-state index in [1.54, 1.807) is 26.2 Å². The van der Waals surface area contributed by atoms with Crippen LogP contribution in [0, 0.1) is 12.8 Å². The van der Waals surface area contributed by atoms with E-state index in [2.05, 4.69) is 32.5 Å². The van der Waals surface area contributed by atoms with Crippen LogP contribution in [0.2, 0.25) is 0 Å². The molecule has 162 valence electrons. The molecule has 7 nitrogen and oxygen atoms in total. The van der Waals surface area contributed by atoms with Crippen molar-refractivity contribution >= 4 is 5.91 Å². The summed E-state index contributed by atoms with van der Waals surface area (Å²) in [4.78, 5) is 19.2. The highest BCUT2D eigenvalue weighted by molar-refractivity contribution is 5.94. The molecule has 0 spiro atoms. The Morgan fingerprint density at radius 1 is 1.13 bits per heavy atom. The molecule has 7 heteroatoms. The fourth-order valence-corrected chi connectivity index (χ4v) is 3.86. The SMILES string of the molecule is COc1ccc(CN2CCC(CNC(=O)c3ccc(-c4nc(C)no4)cc3)CC2)cc1. The lowest BCUT2D eigenvalue weighted by molar-refractivity contribution is 0.0935. The van der Waals surface area contributed by atoms with Crippen LogP contribution in [-0.2, 0) is 6.54 Å². The Balaban J connectivity index is 1.21.